The van der Waals surface area contributed by atoms with E-state index in [1.165, 1.54) is 19.5 Å². The molecule has 1 N–H and O–H groups in total. The van der Waals surface area contributed by atoms with Crippen LogP contribution in [0, 0.1) is 0 Å². The minimum atomic E-state index is -4.27. The first-order chi connectivity index (χ1) is 7.49. The van der Waals surface area contributed by atoms with E-state index in [-0.39, 0.29) is 0 Å². The lowest BCUT2D eigenvalue weighted by atomic mass is 10.2. The third-order valence-corrected chi connectivity index (χ3v) is 2.40. The highest BCUT2D eigenvalue weighted by molar-refractivity contribution is 7.86. The van der Waals surface area contributed by atoms with Gasteiger partial charge < -0.3 is 9.64 Å². The van der Waals surface area contributed by atoms with Gasteiger partial charge in [-0.1, -0.05) is 0 Å². The fourth-order valence-electron chi connectivity index (χ4n) is 0.994. The van der Waals surface area contributed by atoms with Crippen molar-refractivity contribution in [1.29, 1.82) is 0 Å². The summed E-state index contributed by atoms with van der Waals surface area (Å²) < 4.78 is 33.3. The van der Waals surface area contributed by atoms with Gasteiger partial charge in [-0.15, -0.1) is 0 Å². The van der Waals surface area contributed by atoms with Crippen molar-refractivity contribution in [3.63, 3.8) is 0 Å². The zero-order valence-corrected chi connectivity index (χ0v) is 11.6. The van der Waals surface area contributed by atoms with Gasteiger partial charge in [-0.2, -0.15) is 8.42 Å². The topological polar surface area (TPSA) is 83.9 Å². The number of hydrogen-bond donors (Lipinski definition) is 1. The van der Waals surface area contributed by atoms with Crippen LogP contribution in [-0.4, -0.2) is 55.3 Å². The molecule has 0 spiro atoms. The number of esters is 1. The molecule has 1 aliphatic rings. The first-order valence-corrected chi connectivity index (χ1v) is 6.96. The Morgan fingerprint density at radius 3 is 1.94 bits per heavy atom. The standard InChI is InChI=1S/C6H12O5S.C4H9N/c1-6(2,3)11-5(7)4-12(8,9)10;1-5-3-2-4-5/h4H2,1-3H3,(H,8,9,10);2-4H2,1H3. The van der Waals surface area contributed by atoms with Crippen LogP contribution in [0.4, 0.5) is 0 Å². The molecule has 0 saturated carbocycles. The molecule has 1 rings (SSSR count). The molecule has 0 aromatic rings. The van der Waals surface area contributed by atoms with Crippen LogP contribution < -0.4 is 0 Å². The highest BCUT2D eigenvalue weighted by Gasteiger charge is 2.20. The van der Waals surface area contributed by atoms with Gasteiger partial charge in [-0.3, -0.25) is 9.35 Å². The van der Waals surface area contributed by atoms with Crippen LogP contribution in [-0.2, 0) is 19.6 Å². The summed E-state index contributed by atoms with van der Waals surface area (Å²) >= 11 is 0. The SMILES string of the molecule is CC(C)(C)OC(=O)CS(=O)(=O)O.CN1CCC1. The van der Waals surface area contributed by atoms with Gasteiger partial charge in [-0.05, 0) is 47.3 Å². The number of ether oxygens (including phenoxy) is 1. The summed E-state index contributed by atoms with van der Waals surface area (Å²) in [7, 11) is -2.13. The van der Waals surface area contributed by atoms with E-state index in [0.717, 1.165) is 0 Å². The third-order valence-electron chi connectivity index (χ3n) is 1.80. The van der Waals surface area contributed by atoms with Gasteiger partial charge in [0.05, 0.1) is 0 Å². The predicted molar refractivity (Wildman–Crippen MR) is 64.4 cm³/mol. The van der Waals surface area contributed by atoms with E-state index in [2.05, 4.69) is 16.7 Å². The first kappa shape index (κ1) is 16.3. The summed E-state index contributed by atoms with van der Waals surface area (Å²) in [6, 6.07) is 0. The maximum absolute atomic E-state index is 10.7. The fourth-order valence-corrected chi connectivity index (χ4v) is 1.35. The molecule has 1 heterocycles. The average Bonchev–Trinajstić information content (AvgIpc) is 1.93. The second kappa shape index (κ2) is 6.32. The van der Waals surface area contributed by atoms with Crippen molar-refractivity contribution in [2.75, 3.05) is 25.9 Å². The molecule has 17 heavy (non-hydrogen) atoms. The number of rotatable bonds is 2. The van der Waals surface area contributed by atoms with Gasteiger partial charge >= 0.3 is 5.97 Å². The van der Waals surface area contributed by atoms with Crippen LogP contribution in [0.2, 0.25) is 0 Å². The van der Waals surface area contributed by atoms with Gasteiger partial charge in [0, 0.05) is 0 Å². The molecule has 102 valence electrons. The molecule has 7 heteroatoms. The molecule has 0 aromatic heterocycles. The Kier molecular flexibility index (Phi) is 6.08. The van der Waals surface area contributed by atoms with Gasteiger partial charge in [0.25, 0.3) is 10.1 Å². The Balaban J connectivity index is 0.000000419. The maximum atomic E-state index is 10.7. The summed E-state index contributed by atoms with van der Waals surface area (Å²) in [6.07, 6.45) is 1.41. The molecule has 0 atom stereocenters. The molecule has 0 aromatic carbocycles. The van der Waals surface area contributed by atoms with Crippen LogP contribution in [0.25, 0.3) is 0 Å². The van der Waals surface area contributed by atoms with Crippen LogP contribution >= 0.6 is 0 Å². The second-order valence-corrected chi connectivity index (χ2v) is 6.42. The quantitative estimate of drug-likeness (QED) is 0.580. The number of carbonyl (C=O) groups excluding carboxylic acids is 1. The highest BCUT2D eigenvalue weighted by atomic mass is 32.2. The second-order valence-electron chi connectivity index (χ2n) is 4.97. The Labute approximate surface area is 103 Å². The Morgan fingerprint density at radius 2 is 1.76 bits per heavy atom. The smallest absolute Gasteiger partial charge is 0.324 e. The fraction of sp³-hybridized carbons (Fsp3) is 0.900. The van der Waals surface area contributed by atoms with Gasteiger partial charge in [0.1, 0.15) is 5.60 Å². The Bertz CT molecular complexity index is 340. The number of likely N-dealkylation sites (tertiary alicyclic amines) is 1. The molecule has 0 aliphatic carbocycles. The maximum Gasteiger partial charge on any atom is 0.324 e. The lowest BCUT2D eigenvalue weighted by Gasteiger charge is -2.24. The molecule has 0 radical (unpaired) electrons. The summed E-state index contributed by atoms with van der Waals surface area (Å²) in [4.78, 5) is 13.0. The molecule has 6 nitrogen and oxygen atoms in total. The van der Waals surface area contributed by atoms with Crippen molar-refractivity contribution in [2.45, 2.75) is 32.8 Å². The lowest BCUT2D eigenvalue weighted by molar-refractivity contribution is -0.151. The lowest BCUT2D eigenvalue weighted by Crippen LogP contribution is -2.32. The van der Waals surface area contributed by atoms with E-state index >= 15 is 0 Å². The predicted octanol–water partition coefficient (Wildman–Crippen LogP) is 0.538. The van der Waals surface area contributed by atoms with Crippen LogP contribution in [0.15, 0.2) is 0 Å². The van der Waals surface area contributed by atoms with E-state index < -0.39 is 27.4 Å². The van der Waals surface area contributed by atoms with E-state index in [9.17, 15) is 13.2 Å². The van der Waals surface area contributed by atoms with Crippen molar-refractivity contribution in [1.82, 2.24) is 4.90 Å². The van der Waals surface area contributed by atoms with Crippen LogP contribution in [0.5, 0.6) is 0 Å². The molecule has 0 unspecified atom stereocenters. The van der Waals surface area contributed by atoms with Crippen molar-refractivity contribution in [3.8, 4) is 0 Å². The molecule has 1 fully saturated rings. The normalized spacial score (nSPS) is 16.5. The summed E-state index contributed by atoms with van der Waals surface area (Å²) in [5, 5.41) is 0. The molecule has 0 amide bonds. The van der Waals surface area contributed by atoms with Gasteiger partial charge in [0.15, 0.2) is 5.75 Å². The van der Waals surface area contributed by atoms with E-state index in [1.807, 2.05) is 0 Å². The first-order valence-electron chi connectivity index (χ1n) is 5.35. The van der Waals surface area contributed by atoms with Crippen molar-refractivity contribution in [2.24, 2.45) is 0 Å². The minimum absolute atomic E-state index is 0.734. The zero-order chi connectivity index (χ0) is 13.7. The number of carbonyl (C=O) groups is 1. The molecular formula is C10H21NO5S. The van der Waals surface area contributed by atoms with Crippen LogP contribution in [0.3, 0.4) is 0 Å². The minimum Gasteiger partial charge on any atom is -0.459 e. The average molecular weight is 267 g/mol. The zero-order valence-electron chi connectivity index (χ0n) is 10.8. The molecule has 1 saturated heterocycles. The van der Waals surface area contributed by atoms with E-state index in [1.54, 1.807) is 20.8 Å². The molecule has 0 bridgehead atoms. The Morgan fingerprint density at radius 1 is 1.35 bits per heavy atom. The Hall–Kier alpha value is -0.660. The van der Waals surface area contributed by atoms with Gasteiger partial charge in [-0.25, -0.2) is 0 Å². The largest absolute Gasteiger partial charge is 0.459 e. The summed E-state index contributed by atoms with van der Waals surface area (Å²) in [5.74, 6) is -1.95. The number of hydrogen-bond acceptors (Lipinski definition) is 5. The highest BCUT2D eigenvalue weighted by Crippen LogP contribution is 2.07. The van der Waals surface area contributed by atoms with Gasteiger partial charge in [0.2, 0.25) is 0 Å². The summed E-state index contributed by atoms with van der Waals surface area (Å²) in [6.45, 7) is 7.46. The van der Waals surface area contributed by atoms with Crippen molar-refractivity contribution in [3.05, 3.63) is 0 Å². The van der Waals surface area contributed by atoms with Crippen molar-refractivity contribution < 1.29 is 22.5 Å². The van der Waals surface area contributed by atoms with E-state index in [4.69, 9.17) is 4.55 Å². The van der Waals surface area contributed by atoms with Crippen LogP contribution in [0.1, 0.15) is 27.2 Å². The number of nitrogens with zero attached hydrogens (tertiary/aromatic N) is 1. The van der Waals surface area contributed by atoms with Crippen molar-refractivity contribution >= 4 is 16.1 Å². The molecular weight excluding hydrogens is 246 g/mol. The third kappa shape index (κ3) is 11.6. The molecule has 1 aliphatic heterocycles. The summed E-state index contributed by atoms with van der Waals surface area (Å²) in [5.41, 5.74) is -0.734. The monoisotopic (exact) mass is 267 g/mol. The van der Waals surface area contributed by atoms with E-state index in [0.29, 0.717) is 0 Å².